The van der Waals surface area contributed by atoms with Crippen molar-refractivity contribution in [2.45, 2.75) is 14.8 Å². The molecule has 0 spiro atoms. The van der Waals surface area contributed by atoms with Crippen LogP contribution in [0.25, 0.3) is 12.2 Å². The topological polar surface area (TPSA) is 0 Å². The van der Waals surface area contributed by atoms with E-state index in [-0.39, 0.29) is 0 Å². The summed E-state index contributed by atoms with van der Waals surface area (Å²) in [5.74, 6) is 0. The van der Waals surface area contributed by atoms with Gasteiger partial charge in [-0.05, 0) is 11.1 Å². The number of rotatable bonds is 2. The van der Waals surface area contributed by atoms with Crippen LogP contribution in [-0.2, 0) is 0 Å². The minimum Gasteiger partial charge on any atom is -0.0776 e. The molecule has 0 heteroatoms. The highest BCUT2D eigenvalue weighted by atomic mass is 13.9. The molecule has 16 heavy (non-hydrogen) atoms. The lowest BCUT2D eigenvalue weighted by Crippen LogP contribution is -1.70. The fourth-order valence-corrected chi connectivity index (χ4v) is 1.32. The molecule has 0 aliphatic rings. The third-order valence-corrected chi connectivity index (χ3v) is 2.07. The van der Waals surface area contributed by atoms with Crippen molar-refractivity contribution < 1.29 is 2.74 Å². The zero-order valence-corrected chi connectivity index (χ0v) is 9.93. The van der Waals surface area contributed by atoms with E-state index in [2.05, 4.69) is 36.4 Å². The van der Waals surface area contributed by atoms with Gasteiger partial charge in [0.25, 0.3) is 0 Å². The van der Waals surface area contributed by atoms with Crippen molar-refractivity contribution in [1.29, 1.82) is 0 Å². The Morgan fingerprint density at radius 2 is 0.938 bits per heavy atom. The van der Waals surface area contributed by atoms with Crippen molar-refractivity contribution in [3.63, 3.8) is 0 Å². The SMILES string of the molecule is C(=Cc1ccccc1)c1ccccc1.[3H]C.[3H]C. The zero-order chi connectivity index (χ0) is 13.6. The maximum atomic E-state index is 5.75. The molecule has 2 aromatic carbocycles. The van der Waals surface area contributed by atoms with Crippen LogP contribution in [0.15, 0.2) is 60.7 Å². The van der Waals surface area contributed by atoms with Gasteiger partial charge in [0.05, 0.1) is 0 Å². The summed E-state index contributed by atoms with van der Waals surface area (Å²) in [6.45, 7) is 0. The molecule has 0 N–H and O–H groups in total. The average Bonchev–Trinajstić information content (AvgIpc) is 2.51. The van der Waals surface area contributed by atoms with E-state index in [1.54, 1.807) is 0 Å². The predicted octanol–water partition coefficient (Wildman–Crippen LogP) is 5.13. The number of hydrogen-bond acceptors (Lipinski definition) is 0. The summed E-state index contributed by atoms with van der Waals surface area (Å²) in [5, 5.41) is 0. The fourth-order valence-electron chi connectivity index (χ4n) is 1.32. The van der Waals surface area contributed by atoms with E-state index in [1.165, 1.54) is 25.9 Å². The van der Waals surface area contributed by atoms with Gasteiger partial charge in [-0.25, -0.2) is 0 Å². The Morgan fingerprint density at radius 3 is 1.25 bits per heavy atom. The summed E-state index contributed by atoms with van der Waals surface area (Å²) in [6, 6.07) is 20.6. The van der Waals surface area contributed by atoms with Crippen molar-refractivity contribution in [3.8, 4) is 0 Å². The highest BCUT2D eigenvalue weighted by Gasteiger charge is 1.84. The minimum atomic E-state index is 1.23. The summed E-state index contributed by atoms with van der Waals surface area (Å²) >= 11 is 0. The average molecular weight is 216 g/mol. The van der Waals surface area contributed by atoms with E-state index < -0.39 is 0 Å². The molecular weight excluding hydrogens is 192 g/mol. The lowest BCUT2D eigenvalue weighted by Gasteiger charge is -1.92. The normalized spacial score (nSPS) is 10.1. The van der Waals surface area contributed by atoms with E-state index >= 15 is 0 Å². The molecule has 84 valence electrons. The molecule has 2 rings (SSSR count). The highest BCUT2D eigenvalue weighted by molar-refractivity contribution is 5.69. The van der Waals surface area contributed by atoms with E-state index in [0.717, 1.165) is 0 Å². The van der Waals surface area contributed by atoms with Crippen LogP contribution < -0.4 is 0 Å². The lowest BCUT2D eigenvalue weighted by atomic mass is 10.1. The first-order valence-corrected chi connectivity index (χ1v) is 4.73. The second kappa shape index (κ2) is 7.47. The first kappa shape index (κ1) is 10.7. The van der Waals surface area contributed by atoms with Crippen LogP contribution in [0.4, 0.5) is 0 Å². The van der Waals surface area contributed by atoms with E-state index in [9.17, 15) is 0 Å². The molecule has 0 atom stereocenters. The van der Waals surface area contributed by atoms with Crippen molar-refractivity contribution in [2.24, 2.45) is 0 Å². The zero-order valence-electron chi connectivity index (χ0n) is 11.9. The molecule has 0 aliphatic heterocycles. The van der Waals surface area contributed by atoms with Gasteiger partial charge in [-0.2, -0.15) is 0 Å². The van der Waals surface area contributed by atoms with E-state index in [0.29, 0.717) is 0 Å². The molecule has 2 aromatic rings. The van der Waals surface area contributed by atoms with Crippen LogP contribution in [0.1, 0.15) is 28.7 Å². The summed E-state index contributed by atoms with van der Waals surface area (Å²) in [6.07, 6.45) is 4.24. The van der Waals surface area contributed by atoms with Crippen LogP contribution >= 0.6 is 0 Å². The van der Waals surface area contributed by atoms with Gasteiger partial charge >= 0.3 is 0 Å². The molecule has 0 aromatic heterocycles. The Hall–Kier alpha value is -1.82. The van der Waals surface area contributed by atoms with Crippen molar-refractivity contribution in [1.82, 2.24) is 0 Å². The van der Waals surface area contributed by atoms with Gasteiger partial charge in [0, 0.05) is 2.74 Å². The maximum Gasteiger partial charge on any atom is 0.0194 e. The van der Waals surface area contributed by atoms with Crippen molar-refractivity contribution in [2.75, 3.05) is 0 Å². The Bertz CT molecular complexity index is 366. The predicted molar refractivity (Wildman–Crippen MR) is 75.3 cm³/mol. The first-order valence-electron chi connectivity index (χ1n) is 6.73. The lowest BCUT2D eigenvalue weighted by molar-refractivity contribution is 1.65. The molecule has 0 amide bonds. The molecular formula is C16H20. The molecule has 0 fully saturated rings. The number of benzene rings is 2. The van der Waals surface area contributed by atoms with Gasteiger partial charge in [-0.3, -0.25) is 0 Å². The summed E-state index contributed by atoms with van der Waals surface area (Å²) in [5.41, 5.74) is 2.47. The summed E-state index contributed by atoms with van der Waals surface area (Å²) in [7, 11) is 2.50. The van der Waals surface area contributed by atoms with Crippen LogP contribution in [0, 0.1) is 0 Å². The minimum absolute atomic E-state index is 1.23. The van der Waals surface area contributed by atoms with Crippen LogP contribution in [0.3, 0.4) is 0 Å². The smallest absolute Gasteiger partial charge is 0.0194 e. The van der Waals surface area contributed by atoms with Gasteiger partial charge in [0.1, 0.15) is 0 Å². The van der Waals surface area contributed by atoms with Gasteiger partial charge in [0.2, 0.25) is 0 Å². The van der Waals surface area contributed by atoms with Crippen molar-refractivity contribution in [3.05, 3.63) is 71.8 Å². The van der Waals surface area contributed by atoms with Crippen molar-refractivity contribution >= 4 is 12.2 Å². The molecule has 0 bridgehead atoms. The Balaban J connectivity index is 0.000000659. The summed E-state index contributed by atoms with van der Waals surface area (Å²) in [4.78, 5) is 0. The van der Waals surface area contributed by atoms with E-state index in [4.69, 9.17) is 2.74 Å². The Labute approximate surface area is 102 Å². The third kappa shape index (κ3) is 4.14. The standard InChI is InChI=1S/C14H12.2CH4/c1-3-7-13(8-4-1)11-12-14-9-5-2-6-10-14;;/h1-12H;2*1H4/i;2*1T. The van der Waals surface area contributed by atoms with Crippen LogP contribution in [-0.4, -0.2) is 0 Å². The molecule has 0 heterocycles. The molecule has 0 nitrogen and oxygen atoms in total. The molecule has 0 saturated carbocycles. The summed E-state index contributed by atoms with van der Waals surface area (Å²) < 4.78 is 11.5. The van der Waals surface area contributed by atoms with Crippen LogP contribution in [0.2, 0.25) is 0 Å². The fraction of sp³-hybridized carbons (Fsp3) is 0.125. The molecule has 0 unspecified atom stereocenters. The quantitative estimate of drug-likeness (QED) is 0.610. The highest BCUT2D eigenvalue weighted by Crippen LogP contribution is 2.06. The van der Waals surface area contributed by atoms with E-state index in [1.807, 2.05) is 36.4 Å². The monoisotopic (exact) mass is 216 g/mol. The second-order valence-corrected chi connectivity index (χ2v) is 3.15. The van der Waals surface area contributed by atoms with Gasteiger partial charge in [0.15, 0.2) is 0 Å². The largest absolute Gasteiger partial charge is 0.0776 e. The third-order valence-electron chi connectivity index (χ3n) is 2.07. The first-order chi connectivity index (χ1) is 8.95. The molecule has 0 radical (unpaired) electrons. The van der Waals surface area contributed by atoms with Crippen LogP contribution in [0.5, 0.6) is 0 Å². The van der Waals surface area contributed by atoms with Gasteiger partial charge in [-0.15, -0.1) is 0 Å². The van der Waals surface area contributed by atoms with Gasteiger partial charge < -0.3 is 0 Å². The molecule has 0 saturated heterocycles. The van der Waals surface area contributed by atoms with Gasteiger partial charge in [-0.1, -0.05) is 87.6 Å². The Kier molecular flexibility index (Phi) is 4.99. The number of hydrogen-bond donors (Lipinski definition) is 0. The second-order valence-electron chi connectivity index (χ2n) is 3.15. The molecule has 0 aliphatic carbocycles. The maximum absolute atomic E-state index is 5.75. The Morgan fingerprint density at radius 1 is 0.625 bits per heavy atom.